The van der Waals surface area contributed by atoms with Crippen LogP contribution in [0.2, 0.25) is 0 Å². The average Bonchev–Trinajstić information content (AvgIpc) is 3.09. The zero-order valence-corrected chi connectivity index (χ0v) is 33.3. The van der Waals surface area contributed by atoms with Crippen molar-refractivity contribution in [2.45, 2.75) is 168 Å². The van der Waals surface area contributed by atoms with Crippen molar-refractivity contribution in [1.82, 2.24) is 26.6 Å². The van der Waals surface area contributed by atoms with Crippen LogP contribution in [0.4, 0.5) is 0 Å². The van der Waals surface area contributed by atoms with Crippen molar-refractivity contribution >= 4 is 33.4 Å². The summed E-state index contributed by atoms with van der Waals surface area (Å²) >= 11 is 0. The molecular formula is C38H80N6O2S2. The molecule has 0 aromatic carbocycles. The molecule has 0 aromatic rings. The van der Waals surface area contributed by atoms with Crippen LogP contribution in [0.25, 0.3) is 0 Å². The minimum absolute atomic E-state index is 0.0512. The van der Waals surface area contributed by atoms with E-state index in [-0.39, 0.29) is 18.4 Å². The van der Waals surface area contributed by atoms with Gasteiger partial charge in [0.25, 0.3) is 0 Å². The predicted molar refractivity (Wildman–Crippen MR) is 215 cm³/mol. The van der Waals surface area contributed by atoms with Gasteiger partial charge >= 0.3 is 0 Å². The summed E-state index contributed by atoms with van der Waals surface area (Å²) in [5.74, 6) is 1.52. The summed E-state index contributed by atoms with van der Waals surface area (Å²) in [6.07, 6.45) is 29.4. The Hall–Kier alpha value is -0.520. The minimum Gasteiger partial charge on any atom is -0.354 e. The second kappa shape index (κ2) is 40.9. The summed E-state index contributed by atoms with van der Waals surface area (Å²) in [4.78, 5) is 25.7. The molecule has 0 aromatic heterocycles. The van der Waals surface area contributed by atoms with Crippen LogP contribution >= 0.6 is 21.6 Å². The van der Waals surface area contributed by atoms with E-state index in [4.69, 9.17) is 5.73 Å². The summed E-state index contributed by atoms with van der Waals surface area (Å²) in [5.41, 5.74) is 5.51. The van der Waals surface area contributed by atoms with Gasteiger partial charge in [-0.1, -0.05) is 145 Å². The fourth-order valence-corrected chi connectivity index (χ4v) is 7.85. The molecule has 10 heteroatoms. The molecule has 2 amide bonds. The van der Waals surface area contributed by atoms with Gasteiger partial charge < -0.3 is 32.3 Å². The van der Waals surface area contributed by atoms with Gasteiger partial charge in [-0.2, -0.15) is 0 Å². The van der Waals surface area contributed by atoms with E-state index >= 15 is 0 Å². The van der Waals surface area contributed by atoms with Gasteiger partial charge in [-0.3, -0.25) is 9.59 Å². The molecule has 8 nitrogen and oxygen atoms in total. The Morgan fingerprint density at radius 3 is 1.54 bits per heavy atom. The van der Waals surface area contributed by atoms with Gasteiger partial charge in [0.05, 0.1) is 6.54 Å². The van der Waals surface area contributed by atoms with Crippen molar-refractivity contribution in [3.8, 4) is 0 Å². The Kier molecular flexibility index (Phi) is 40.5. The summed E-state index contributed by atoms with van der Waals surface area (Å²) in [6, 6.07) is -0.490. The van der Waals surface area contributed by atoms with Gasteiger partial charge in [0.1, 0.15) is 6.04 Å². The monoisotopic (exact) mass is 717 g/mol. The summed E-state index contributed by atoms with van der Waals surface area (Å²) < 4.78 is 0. The van der Waals surface area contributed by atoms with Gasteiger partial charge in [-0.15, -0.1) is 0 Å². The highest BCUT2D eigenvalue weighted by atomic mass is 33.1. The Balaban J connectivity index is 3.98. The van der Waals surface area contributed by atoms with E-state index in [1.165, 1.54) is 116 Å². The minimum atomic E-state index is -0.490. The average molecular weight is 717 g/mol. The molecule has 0 aliphatic heterocycles. The smallest absolute Gasteiger partial charge is 0.243 e. The number of amides is 2. The van der Waals surface area contributed by atoms with Crippen LogP contribution in [0.1, 0.15) is 162 Å². The van der Waals surface area contributed by atoms with E-state index in [0.717, 1.165) is 77.1 Å². The normalized spacial score (nSPS) is 12.0. The quantitative estimate of drug-likeness (QED) is 0.0282. The van der Waals surface area contributed by atoms with Gasteiger partial charge in [0.2, 0.25) is 11.8 Å². The van der Waals surface area contributed by atoms with E-state index in [9.17, 15) is 9.59 Å². The van der Waals surface area contributed by atoms with Crippen LogP contribution in [-0.4, -0.2) is 81.7 Å². The number of nitrogens with two attached hydrogens (primary N) is 1. The highest BCUT2D eigenvalue weighted by Crippen LogP contribution is 2.23. The number of carbonyl (C=O) groups is 2. The van der Waals surface area contributed by atoms with Crippen molar-refractivity contribution in [1.29, 1.82) is 0 Å². The van der Waals surface area contributed by atoms with Crippen LogP contribution in [0.15, 0.2) is 0 Å². The molecule has 0 aliphatic rings. The Morgan fingerprint density at radius 1 is 0.521 bits per heavy atom. The van der Waals surface area contributed by atoms with Gasteiger partial charge in [-0.25, -0.2) is 0 Å². The number of nitrogens with one attached hydrogen (secondary N) is 5. The maximum Gasteiger partial charge on any atom is 0.243 e. The van der Waals surface area contributed by atoms with E-state index in [1.54, 1.807) is 10.8 Å². The molecule has 0 saturated heterocycles. The number of hydrogen-bond acceptors (Lipinski definition) is 8. The molecule has 0 saturated carbocycles. The molecule has 0 bridgehead atoms. The molecule has 48 heavy (non-hydrogen) atoms. The molecule has 0 heterocycles. The van der Waals surface area contributed by atoms with Crippen molar-refractivity contribution in [2.75, 3.05) is 63.9 Å². The molecule has 0 fully saturated rings. The van der Waals surface area contributed by atoms with Crippen molar-refractivity contribution in [2.24, 2.45) is 5.73 Å². The van der Waals surface area contributed by atoms with Gasteiger partial charge in [0.15, 0.2) is 0 Å². The Labute approximate surface area is 305 Å². The number of hydrogen-bond donors (Lipinski definition) is 6. The third kappa shape index (κ3) is 36.8. The predicted octanol–water partition coefficient (Wildman–Crippen LogP) is 7.71. The fraction of sp³-hybridized carbons (Fsp3) is 0.947. The van der Waals surface area contributed by atoms with Crippen LogP contribution < -0.4 is 32.3 Å². The van der Waals surface area contributed by atoms with Gasteiger partial charge in [0, 0.05) is 18.1 Å². The number of rotatable bonds is 40. The first-order valence-electron chi connectivity index (χ1n) is 20.3. The standard InChI is InChI=1S/C38H80N6O2S2/c1-3-5-7-8-9-10-11-12-13-14-15-16-17-18-19-20-32-43-38(46)36(35-48-47-33-23-6-4-2)44-37(45)34-42-31-25-30-41-28-22-21-27-40-29-24-26-39/h36,40-42H,3-35,39H2,1-2H3,(H,43,46)(H,44,45). The van der Waals surface area contributed by atoms with Crippen LogP contribution in [0.3, 0.4) is 0 Å². The van der Waals surface area contributed by atoms with Gasteiger partial charge in [-0.05, 0) is 77.8 Å². The summed E-state index contributed by atoms with van der Waals surface area (Å²) in [5, 5.41) is 16.2. The van der Waals surface area contributed by atoms with Crippen molar-refractivity contribution in [3.05, 3.63) is 0 Å². The molecule has 0 radical (unpaired) electrons. The summed E-state index contributed by atoms with van der Waals surface area (Å²) in [7, 11) is 3.51. The Morgan fingerprint density at radius 2 is 0.979 bits per heavy atom. The maximum atomic E-state index is 13.0. The number of unbranched alkanes of at least 4 members (excludes halogenated alkanes) is 18. The summed E-state index contributed by atoms with van der Waals surface area (Å²) in [6.45, 7) is 11.0. The third-order valence-electron chi connectivity index (χ3n) is 8.64. The van der Waals surface area contributed by atoms with Crippen molar-refractivity contribution in [3.63, 3.8) is 0 Å². The highest BCUT2D eigenvalue weighted by Gasteiger charge is 2.20. The van der Waals surface area contributed by atoms with Crippen molar-refractivity contribution < 1.29 is 9.59 Å². The lowest BCUT2D eigenvalue weighted by Crippen LogP contribution is -2.50. The van der Waals surface area contributed by atoms with Crippen LogP contribution in [-0.2, 0) is 9.59 Å². The largest absolute Gasteiger partial charge is 0.354 e. The molecule has 286 valence electrons. The molecule has 0 spiro atoms. The topological polar surface area (TPSA) is 120 Å². The molecule has 7 N–H and O–H groups in total. The molecule has 0 aliphatic carbocycles. The SMILES string of the molecule is CCCCCCCCCCCCCCCCCCNC(=O)C(CSSCCCCC)NC(=O)CNCCCNCCCCNCCCN. The molecule has 1 atom stereocenters. The van der Waals surface area contributed by atoms with E-state index in [1.807, 2.05) is 10.8 Å². The highest BCUT2D eigenvalue weighted by molar-refractivity contribution is 8.76. The second-order valence-corrected chi connectivity index (χ2v) is 16.0. The molecule has 1 unspecified atom stereocenters. The third-order valence-corrected chi connectivity index (χ3v) is 11.1. The molecular weight excluding hydrogens is 637 g/mol. The Bertz CT molecular complexity index is 677. The fourth-order valence-electron chi connectivity index (χ4n) is 5.54. The zero-order valence-electron chi connectivity index (χ0n) is 31.6. The zero-order chi connectivity index (χ0) is 35.0. The lowest BCUT2D eigenvalue weighted by molar-refractivity contribution is -0.128. The second-order valence-electron chi connectivity index (χ2n) is 13.4. The molecule has 0 rings (SSSR count). The van der Waals surface area contributed by atoms with E-state index in [0.29, 0.717) is 12.3 Å². The first-order chi connectivity index (χ1) is 23.7. The lowest BCUT2D eigenvalue weighted by Gasteiger charge is -2.18. The van der Waals surface area contributed by atoms with Crippen LogP contribution in [0, 0.1) is 0 Å². The first kappa shape index (κ1) is 47.5. The van der Waals surface area contributed by atoms with Crippen LogP contribution in [0.5, 0.6) is 0 Å². The number of carbonyl (C=O) groups excluding carboxylic acids is 2. The maximum absolute atomic E-state index is 13.0. The van der Waals surface area contributed by atoms with E-state index in [2.05, 4.69) is 40.4 Å². The first-order valence-corrected chi connectivity index (χ1v) is 22.8. The van der Waals surface area contributed by atoms with E-state index < -0.39 is 6.04 Å². The lowest BCUT2D eigenvalue weighted by atomic mass is 10.0.